The van der Waals surface area contributed by atoms with Crippen LogP contribution in [0.25, 0.3) is 9.53 Å². The highest BCUT2D eigenvalue weighted by Gasteiger charge is 2.18. The van der Waals surface area contributed by atoms with Gasteiger partial charge in [0.05, 0.1) is 4.70 Å². The number of hydrogen-bond donors (Lipinski definition) is 1. The molecular weight excluding hydrogens is 244 g/mol. The lowest BCUT2D eigenvalue weighted by atomic mass is 10.4. The Morgan fingerprint density at radius 1 is 1.38 bits per heavy atom. The fourth-order valence-corrected chi connectivity index (χ4v) is 3.97. The van der Waals surface area contributed by atoms with E-state index in [-0.39, 0.29) is 0 Å². The highest BCUT2D eigenvalue weighted by atomic mass is 32.1. The van der Waals surface area contributed by atoms with Crippen LogP contribution in [0.15, 0.2) is 6.07 Å². The van der Waals surface area contributed by atoms with Gasteiger partial charge in [0.2, 0.25) is 0 Å². The molecule has 3 rings (SSSR count). The average Bonchev–Trinajstić information content (AvgIpc) is 2.91. The molecule has 1 aliphatic heterocycles. The van der Waals surface area contributed by atoms with Gasteiger partial charge in [-0.1, -0.05) is 11.3 Å². The molecule has 0 radical (unpaired) electrons. The topological polar surface area (TPSA) is 53.4 Å². The summed E-state index contributed by atoms with van der Waals surface area (Å²) in [6, 6.07) is 1.72. The summed E-state index contributed by atoms with van der Waals surface area (Å²) in [5.41, 5.74) is 0. The van der Waals surface area contributed by atoms with Crippen LogP contribution in [0.2, 0.25) is 0 Å². The van der Waals surface area contributed by atoms with Crippen LogP contribution in [0.1, 0.15) is 22.5 Å². The van der Waals surface area contributed by atoms with Crippen molar-refractivity contribution < 1.29 is 9.90 Å². The van der Waals surface area contributed by atoms with Crippen molar-refractivity contribution in [3.05, 3.63) is 10.9 Å². The van der Waals surface area contributed by atoms with Crippen LogP contribution < -0.4 is 4.90 Å². The zero-order valence-corrected chi connectivity index (χ0v) is 10.1. The van der Waals surface area contributed by atoms with Crippen LogP contribution in [-0.2, 0) is 0 Å². The molecule has 4 nitrogen and oxygen atoms in total. The van der Waals surface area contributed by atoms with Crippen LogP contribution in [0.4, 0.5) is 5.13 Å². The Morgan fingerprint density at radius 3 is 2.75 bits per heavy atom. The number of carboxylic acid groups (broad SMARTS) is 1. The van der Waals surface area contributed by atoms with Crippen molar-refractivity contribution in [2.75, 3.05) is 18.0 Å². The molecule has 0 bridgehead atoms. The molecule has 16 heavy (non-hydrogen) atoms. The van der Waals surface area contributed by atoms with Gasteiger partial charge in [0.25, 0.3) is 0 Å². The second-order valence-corrected chi connectivity index (χ2v) is 5.82. The van der Waals surface area contributed by atoms with Crippen molar-refractivity contribution in [1.82, 2.24) is 4.98 Å². The van der Waals surface area contributed by atoms with Gasteiger partial charge in [-0.3, -0.25) is 0 Å². The van der Waals surface area contributed by atoms with Gasteiger partial charge in [-0.25, -0.2) is 9.78 Å². The molecule has 0 saturated carbocycles. The first kappa shape index (κ1) is 10.0. The van der Waals surface area contributed by atoms with Gasteiger partial charge in [-0.2, -0.15) is 0 Å². The molecule has 1 fully saturated rings. The molecular formula is C10H10N2O2S2. The molecule has 0 aromatic carbocycles. The molecule has 1 aliphatic rings. The monoisotopic (exact) mass is 254 g/mol. The van der Waals surface area contributed by atoms with Crippen LogP contribution in [0.3, 0.4) is 0 Å². The summed E-state index contributed by atoms with van der Waals surface area (Å²) in [6.07, 6.45) is 2.46. The minimum atomic E-state index is -0.863. The van der Waals surface area contributed by atoms with Crippen LogP contribution in [0.5, 0.6) is 0 Å². The maximum Gasteiger partial charge on any atom is 0.345 e. The van der Waals surface area contributed by atoms with E-state index in [2.05, 4.69) is 9.88 Å². The number of thiophene rings is 1. The maximum atomic E-state index is 10.8. The lowest BCUT2D eigenvalue weighted by molar-refractivity contribution is 0.0702. The summed E-state index contributed by atoms with van der Waals surface area (Å²) in [5.74, 6) is -0.863. The Balaban J connectivity index is 1.98. The SMILES string of the molecule is O=C(O)c1cc2sc(N3CCCC3)nc2s1. The van der Waals surface area contributed by atoms with Crippen LogP contribution in [0, 0.1) is 0 Å². The fraction of sp³-hybridized carbons (Fsp3) is 0.400. The Kier molecular flexibility index (Phi) is 2.33. The highest BCUT2D eigenvalue weighted by molar-refractivity contribution is 7.29. The first-order valence-corrected chi connectivity index (χ1v) is 6.76. The zero-order chi connectivity index (χ0) is 11.1. The maximum absolute atomic E-state index is 10.8. The molecule has 0 amide bonds. The number of carbonyl (C=O) groups is 1. The minimum absolute atomic E-state index is 0.377. The number of aromatic nitrogens is 1. The Morgan fingerprint density at radius 2 is 2.12 bits per heavy atom. The number of fused-ring (bicyclic) bond motifs is 1. The predicted octanol–water partition coefficient (Wildman–Crippen LogP) is 2.66. The molecule has 6 heteroatoms. The van der Waals surface area contributed by atoms with Crippen molar-refractivity contribution in [2.45, 2.75) is 12.8 Å². The van der Waals surface area contributed by atoms with Gasteiger partial charge in [0.15, 0.2) is 5.13 Å². The molecule has 0 atom stereocenters. The quantitative estimate of drug-likeness (QED) is 0.895. The van der Waals surface area contributed by atoms with E-state index in [1.807, 2.05) is 0 Å². The summed E-state index contributed by atoms with van der Waals surface area (Å²) >= 11 is 2.85. The van der Waals surface area contributed by atoms with Gasteiger partial charge in [0, 0.05) is 13.1 Å². The number of anilines is 1. The van der Waals surface area contributed by atoms with Crippen molar-refractivity contribution in [1.29, 1.82) is 0 Å². The third-order valence-electron chi connectivity index (χ3n) is 2.67. The third-order valence-corrected chi connectivity index (χ3v) is 4.87. The van der Waals surface area contributed by atoms with E-state index >= 15 is 0 Å². The minimum Gasteiger partial charge on any atom is -0.477 e. The van der Waals surface area contributed by atoms with Gasteiger partial charge >= 0.3 is 5.97 Å². The molecule has 1 N–H and O–H groups in total. The van der Waals surface area contributed by atoms with Crippen molar-refractivity contribution in [3.8, 4) is 0 Å². The Labute approximate surface area is 100 Å². The van der Waals surface area contributed by atoms with E-state index in [4.69, 9.17) is 5.11 Å². The molecule has 2 aromatic rings. The molecule has 0 aliphatic carbocycles. The Bertz CT molecular complexity index is 508. The van der Waals surface area contributed by atoms with Crippen molar-refractivity contribution >= 4 is 43.3 Å². The third kappa shape index (κ3) is 1.58. The smallest absolute Gasteiger partial charge is 0.345 e. The van der Waals surface area contributed by atoms with Gasteiger partial charge in [-0.05, 0) is 18.9 Å². The molecule has 84 valence electrons. The highest BCUT2D eigenvalue weighted by Crippen LogP contribution is 2.35. The fourth-order valence-electron chi connectivity index (χ4n) is 1.87. The van der Waals surface area contributed by atoms with Gasteiger partial charge in [0.1, 0.15) is 9.71 Å². The predicted molar refractivity (Wildman–Crippen MR) is 65.9 cm³/mol. The van der Waals surface area contributed by atoms with Gasteiger partial charge in [-0.15, -0.1) is 11.3 Å². The largest absolute Gasteiger partial charge is 0.477 e. The van der Waals surface area contributed by atoms with Gasteiger partial charge < -0.3 is 10.0 Å². The van der Waals surface area contributed by atoms with Crippen molar-refractivity contribution in [2.24, 2.45) is 0 Å². The van der Waals surface area contributed by atoms with E-state index in [0.29, 0.717) is 4.88 Å². The average molecular weight is 254 g/mol. The molecule has 0 spiro atoms. The molecule has 3 heterocycles. The van der Waals surface area contributed by atoms with Crippen molar-refractivity contribution in [3.63, 3.8) is 0 Å². The normalized spacial score (nSPS) is 16.1. The lowest BCUT2D eigenvalue weighted by Gasteiger charge is -2.11. The van der Waals surface area contributed by atoms with E-state index in [9.17, 15) is 4.79 Å². The van der Waals surface area contributed by atoms with Crippen LogP contribution in [-0.4, -0.2) is 29.1 Å². The summed E-state index contributed by atoms with van der Waals surface area (Å²) < 4.78 is 0.990. The van der Waals surface area contributed by atoms with E-state index in [0.717, 1.165) is 27.8 Å². The number of aromatic carboxylic acids is 1. The molecule has 2 aromatic heterocycles. The summed E-state index contributed by atoms with van der Waals surface area (Å²) in [6.45, 7) is 2.15. The number of nitrogens with zero attached hydrogens (tertiary/aromatic N) is 2. The molecule has 0 unspecified atom stereocenters. The second-order valence-electron chi connectivity index (χ2n) is 3.78. The van der Waals surface area contributed by atoms with E-state index in [1.54, 1.807) is 17.4 Å². The van der Waals surface area contributed by atoms with E-state index < -0.39 is 5.97 Å². The summed E-state index contributed by atoms with van der Waals surface area (Å²) in [5, 5.41) is 9.90. The zero-order valence-electron chi connectivity index (χ0n) is 8.47. The number of rotatable bonds is 2. The Hall–Kier alpha value is -1.14. The summed E-state index contributed by atoms with van der Waals surface area (Å²) in [7, 11) is 0. The molecule has 1 saturated heterocycles. The van der Waals surface area contributed by atoms with Crippen LogP contribution >= 0.6 is 22.7 Å². The first-order chi connectivity index (χ1) is 7.74. The first-order valence-electron chi connectivity index (χ1n) is 5.12. The number of hydrogen-bond acceptors (Lipinski definition) is 5. The number of carboxylic acids is 1. The lowest BCUT2D eigenvalue weighted by Crippen LogP contribution is -2.16. The summed E-state index contributed by atoms with van der Waals surface area (Å²) in [4.78, 5) is 18.8. The number of thiazole rings is 1. The second kappa shape index (κ2) is 3.71. The van der Waals surface area contributed by atoms with E-state index in [1.165, 1.54) is 24.2 Å². The standard InChI is InChI=1S/C10H10N2O2S2/c13-9(14)7-5-6-8(15-7)11-10(16-6)12-3-1-2-4-12/h5H,1-4H2,(H,13,14).